The highest BCUT2D eigenvalue weighted by atomic mass is 32.1. The molecule has 4 rings (SSSR count). The van der Waals surface area contributed by atoms with Crippen molar-refractivity contribution < 1.29 is 9.90 Å². The fourth-order valence-corrected chi connectivity index (χ4v) is 4.28. The summed E-state index contributed by atoms with van der Waals surface area (Å²) >= 11 is 1.10. The molecule has 1 aliphatic carbocycles. The van der Waals surface area contributed by atoms with Crippen LogP contribution >= 0.6 is 11.3 Å². The molecule has 3 aromatic rings. The Bertz CT molecular complexity index is 902. The van der Waals surface area contributed by atoms with E-state index in [1.807, 2.05) is 12.1 Å². The number of rotatable bonds is 2. The molecular weight excluding hydrogens is 308 g/mol. The zero-order valence-corrected chi connectivity index (χ0v) is 13.2. The molecule has 0 radical (unpaired) electrons. The van der Waals surface area contributed by atoms with Crippen molar-refractivity contribution in [1.29, 1.82) is 0 Å². The number of nitrogens with zero attached hydrogens (tertiary/aromatic N) is 1. The number of pyridine rings is 1. The molecule has 1 aromatic carbocycles. The number of hydrogen-bond donors (Lipinski definition) is 1. The maximum Gasteiger partial charge on any atom is 0.126 e. The average Bonchev–Trinajstić information content (AvgIpc) is 2.90. The lowest BCUT2D eigenvalue weighted by Gasteiger charge is -2.24. The average molecular weight is 323 g/mol. The number of aromatic nitrogens is 1. The number of nitrogen functional groups attached to an aromatic ring is 1. The van der Waals surface area contributed by atoms with Gasteiger partial charge in [0.1, 0.15) is 4.83 Å². The van der Waals surface area contributed by atoms with E-state index >= 15 is 0 Å². The van der Waals surface area contributed by atoms with E-state index in [2.05, 4.69) is 29.2 Å². The Balaban J connectivity index is 1.76. The molecule has 0 fully saturated rings. The number of aromatic carboxylic acids is 1. The van der Waals surface area contributed by atoms with Crippen molar-refractivity contribution in [3.8, 4) is 0 Å². The van der Waals surface area contributed by atoms with Gasteiger partial charge in [0.05, 0.1) is 16.5 Å². The van der Waals surface area contributed by atoms with Crippen molar-refractivity contribution in [2.24, 2.45) is 0 Å². The summed E-state index contributed by atoms with van der Waals surface area (Å²) in [5.41, 5.74) is 9.83. The van der Waals surface area contributed by atoms with Crippen molar-refractivity contribution in [2.75, 3.05) is 5.73 Å². The van der Waals surface area contributed by atoms with Crippen molar-refractivity contribution in [3.63, 3.8) is 0 Å². The molecule has 1 atom stereocenters. The summed E-state index contributed by atoms with van der Waals surface area (Å²) in [7, 11) is 0. The van der Waals surface area contributed by atoms with Crippen LogP contribution in [-0.2, 0) is 12.8 Å². The van der Waals surface area contributed by atoms with Crippen molar-refractivity contribution >= 4 is 33.2 Å². The number of anilines is 1. The van der Waals surface area contributed by atoms with Gasteiger partial charge in [-0.25, -0.2) is 4.98 Å². The third kappa shape index (κ3) is 2.37. The molecule has 0 bridgehead atoms. The van der Waals surface area contributed by atoms with Crippen LogP contribution in [0.3, 0.4) is 0 Å². The van der Waals surface area contributed by atoms with Crippen LogP contribution in [0.25, 0.3) is 10.2 Å². The molecular formula is C18H15N2O2S-. The minimum Gasteiger partial charge on any atom is -0.544 e. The number of carbonyl (C=O) groups is 1. The standard InChI is InChI=1S/C18H16N2O2S/c19-15-13-9-12-8-11(10-4-2-1-3-5-10)6-7-14(12)20-17(13)23-16(15)18(21)22/h1-5,9,11H,6-8,19H2,(H,21,22)/p-1. The van der Waals surface area contributed by atoms with Gasteiger partial charge < -0.3 is 15.6 Å². The Morgan fingerprint density at radius 2 is 2.09 bits per heavy atom. The van der Waals surface area contributed by atoms with Gasteiger partial charge in [0.25, 0.3) is 0 Å². The number of nitrogens with two attached hydrogens (primary N) is 1. The van der Waals surface area contributed by atoms with E-state index in [9.17, 15) is 9.90 Å². The normalized spacial score (nSPS) is 17.1. The first kappa shape index (κ1) is 14.2. The van der Waals surface area contributed by atoms with Crippen LogP contribution in [-0.4, -0.2) is 11.0 Å². The second-order valence-electron chi connectivity index (χ2n) is 5.93. The first-order chi connectivity index (χ1) is 11.1. The zero-order chi connectivity index (χ0) is 16.0. The van der Waals surface area contributed by atoms with Crippen LogP contribution in [0.4, 0.5) is 5.69 Å². The van der Waals surface area contributed by atoms with E-state index in [-0.39, 0.29) is 10.6 Å². The van der Waals surface area contributed by atoms with E-state index < -0.39 is 5.97 Å². The Kier molecular flexibility index (Phi) is 3.31. The predicted molar refractivity (Wildman–Crippen MR) is 89.6 cm³/mol. The number of benzene rings is 1. The van der Waals surface area contributed by atoms with Gasteiger partial charge in [-0.1, -0.05) is 30.3 Å². The molecule has 2 aromatic heterocycles. The zero-order valence-electron chi connectivity index (χ0n) is 12.4. The minimum absolute atomic E-state index is 0.0782. The van der Waals surface area contributed by atoms with Gasteiger partial charge in [-0.3, -0.25) is 0 Å². The fraction of sp³-hybridized carbons (Fsp3) is 0.222. The first-order valence-electron chi connectivity index (χ1n) is 7.60. The molecule has 0 spiro atoms. The molecule has 1 unspecified atom stereocenters. The lowest BCUT2D eigenvalue weighted by molar-refractivity contribution is -0.254. The van der Waals surface area contributed by atoms with Gasteiger partial charge in [0.15, 0.2) is 0 Å². The molecule has 116 valence electrons. The van der Waals surface area contributed by atoms with E-state index in [0.717, 1.165) is 41.7 Å². The topological polar surface area (TPSA) is 79.0 Å². The first-order valence-corrected chi connectivity index (χ1v) is 8.42. The highest BCUT2D eigenvalue weighted by Gasteiger charge is 2.23. The second kappa shape index (κ2) is 5.35. The number of carboxylic acid groups (broad SMARTS) is 1. The van der Waals surface area contributed by atoms with Crippen LogP contribution in [0, 0.1) is 0 Å². The smallest absolute Gasteiger partial charge is 0.126 e. The van der Waals surface area contributed by atoms with Crippen LogP contribution in [0.5, 0.6) is 0 Å². The van der Waals surface area contributed by atoms with Crippen molar-refractivity contribution in [2.45, 2.75) is 25.2 Å². The van der Waals surface area contributed by atoms with Crippen LogP contribution in [0.1, 0.15) is 38.8 Å². The van der Waals surface area contributed by atoms with E-state index in [4.69, 9.17) is 5.73 Å². The number of fused-ring (bicyclic) bond motifs is 2. The number of carboxylic acids is 1. The molecule has 0 amide bonds. The highest BCUT2D eigenvalue weighted by molar-refractivity contribution is 7.21. The predicted octanol–water partition coefficient (Wildman–Crippen LogP) is 2.51. The molecule has 2 heterocycles. The SMILES string of the molecule is Nc1c(C(=O)[O-])sc2nc3c(cc12)CC(c1ccccc1)CC3. The van der Waals surface area contributed by atoms with E-state index in [1.165, 1.54) is 11.1 Å². The van der Waals surface area contributed by atoms with Gasteiger partial charge in [0.2, 0.25) is 0 Å². The van der Waals surface area contributed by atoms with Gasteiger partial charge in [-0.05, 0) is 42.4 Å². The van der Waals surface area contributed by atoms with Crippen LogP contribution in [0.15, 0.2) is 36.4 Å². The lowest BCUT2D eigenvalue weighted by Crippen LogP contribution is -2.21. The van der Waals surface area contributed by atoms with Gasteiger partial charge in [-0.15, -0.1) is 11.3 Å². The third-order valence-electron chi connectivity index (χ3n) is 4.54. The summed E-state index contributed by atoms with van der Waals surface area (Å²) < 4.78 is 0. The minimum atomic E-state index is -1.23. The maximum absolute atomic E-state index is 11.1. The molecule has 2 N–H and O–H groups in total. The van der Waals surface area contributed by atoms with E-state index in [0.29, 0.717) is 10.7 Å². The Hall–Kier alpha value is -2.40. The van der Waals surface area contributed by atoms with Crippen molar-refractivity contribution in [1.82, 2.24) is 4.98 Å². The van der Waals surface area contributed by atoms with Gasteiger partial charge in [0, 0.05) is 11.1 Å². The largest absolute Gasteiger partial charge is 0.544 e. The highest BCUT2D eigenvalue weighted by Crippen LogP contribution is 2.38. The monoisotopic (exact) mass is 323 g/mol. The second-order valence-corrected chi connectivity index (χ2v) is 6.93. The molecule has 0 aliphatic heterocycles. The molecule has 5 heteroatoms. The molecule has 1 aliphatic rings. The summed E-state index contributed by atoms with van der Waals surface area (Å²) in [4.78, 5) is 16.6. The van der Waals surface area contributed by atoms with E-state index in [1.54, 1.807) is 0 Å². The summed E-state index contributed by atoms with van der Waals surface area (Å²) in [6, 6.07) is 12.5. The quantitative estimate of drug-likeness (QED) is 0.786. The van der Waals surface area contributed by atoms with Crippen LogP contribution in [0.2, 0.25) is 0 Å². The Morgan fingerprint density at radius 3 is 2.83 bits per heavy atom. The third-order valence-corrected chi connectivity index (χ3v) is 5.64. The lowest BCUT2D eigenvalue weighted by atomic mass is 9.82. The molecule has 4 nitrogen and oxygen atoms in total. The fourth-order valence-electron chi connectivity index (χ4n) is 3.35. The Morgan fingerprint density at radius 1 is 1.30 bits per heavy atom. The summed E-state index contributed by atoms with van der Waals surface area (Å²) in [5, 5.41) is 11.9. The number of hydrogen-bond acceptors (Lipinski definition) is 5. The number of thiophene rings is 1. The Labute approximate surface area is 137 Å². The summed E-state index contributed by atoms with van der Waals surface area (Å²) in [6.07, 6.45) is 2.88. The maximum atomic E-state index is 11.1. The molecule has 23 heavy (non-hydrogen) atoms. The molecule has 0 saturated carbocycles. The molecule has 0 saturated heterocycles. The number of aryl methyl sites for hydroxylation is 1. The number of carbonyl (C=O) groups excluding carboxylic acids is 1. The van der Waals surface area contributed by atoms with Crippen molar-refractivity contribution in [3.05, 3.63) is 58.1 Å². The van der Waals surface area contributed by atoms with Gasteiger partial charge in [-0.2, -0.15) is 0 Å². The summed E-state index contributed by atoms with van der Waals surface area (Å²) in [6.45, 7) is 0. The van der Waals surface area contributed by atoms with Crippen LogP contribution < -0.4 is 10.8 Å². The summed E-state index contributed by atoms with van der Waals surface area (Å²) in [5.74, 6) is -0.756. The van der Waals surface area contributed by atoms with Gasteiger partial charge >= 0.3 is 0 Å².